The van der Waals surface area contributed by atoms with Gasteiger partial charge in [0.15, 0.2) is 0 Å². The third-order valence-electron chi connectivity index (χ3n) is 3.78. The number of nitrogens with zero attached hydrogens (tertiary/aromatic N) is 1. The van der Waals surface area contributed by atoms with Gasteiger partial charge in [-0.1, -0.05) is 15.9 Å². The Kier molecular flexibility index (Phi) is 5.10. The third-order valence-corrected chi connectivity index (χ3v) is 5.88. The zero-order valence-corrected chi connectivity index (χ0v) is 14.8. The van der Waals surface area contributed by atoms with Crippen LogP contribution in [-0.2, 0) is 20.3 Å². The maximum Gasteiger partial charge on any atom is 0.414 e. The molecule has 23 heavy (non-hydrogen) atoms. The van der Waals surface area contributed by atoms with E-state index in [4.69, 9.17) is 4.74 Å². The molecule has 1 saturated heterocycles. The van der Waals surface area contributed by atoms with Crippen LogP contribution in [0.3, 0.4) is 0 Å². The van der Waals surface area contributed by atoms with Crippen molar-refractivity contribution in [3.05, 3.63) is 28.5 Å². The molecule has 0 spiro atoms. The number of anilines is 1. The lowest BCUT2D eigenvalue weighted by molar-refractivity contribution is -0.140. The van der Waals surface area contributed by atoms with E-state index in [-0.39, 0.29) is 18.7 Å². The normalized spacial score (nSPS) is 21.7. The van der Waals surface area contributed by atoms with Gasteiger partial charge < -0.3 is 9.84 Å². The number of amides is 1. The Morgan fingerprint density at radius 1 is 1.61 bits per heavy atom. The lowest BCUT2D eigenvalue weighted by Crippen LogP contribution is -2.43. The Bertz CT molecular complexity index is 669. The summed E-state index contributed by atoms with van der Waals surface area (Å²) in [5, 5.41) is 9.27. The molecule has 1 N–H and O–H groups in total. The van der Waals surface area contributed by atoms with E-state index in [0.717, 1.165) is 4.90 Å². The first kappa shape index (κ1) is 17.9. The molecule has 2 rings (SSSR count). The topological polar surface area (TPSA) is 83.9 Å². The Morgan fingerprint density at radius 2 is 2.26 bits per heavy atom. The summed E-state index contributed by atoms with van der Waals surface area (Å²) in [6, 6.07) is 4.23. The summed E-state index contributed by atoms with van der Waals surface area (Å²) in [5.74, 6) is -1.83. The van der Waals surface area contributed by atoms with Crippen LogP contribution in [0.15, 0.2) is 22.7 Å². The van der Waals surface area contributed by atoms with E-state index in [1.165, 1.54) is 25.3 Å². The van der Waals surface area contributed by atoms with E-state index < -0.39 is 39.5 Å². The van der Waals surface area contributed by atoms with Crippen LogP contribution in [-0.4, -0.2) is 45.0 Å². The maximum absolute atomic E-state index is 14.0. The fourth-order valence-electron chi connectivity index (χ4n) is 2.29. The van der Waals surface area contributed by atoms with Crippen LogP contribution < -0.4 is 4.90 Å². The van der Waals surface area contributed by atoms with Gasteiger partial charge in [0.1, 0.15) is 16.7 Å². The number of carboxylic acid groups (broad SMARTS) is 1. The first-order valence-electron chi connectivity index (χ1n) is 6.65. The summed E-state index contributed by atoms with van der Waals surface area (Å²) in [7, 11) is -1.66. The fraction of sp³-hybridized carbons (Fsp3) is 0.429. The first-order chi connectivity index (χ1) is 10.6. The molecule has 3 atom stereocenters. The van der Waals surface area contributed by atoms with Gasteiger partial charge in [-0.25, -0.2) is 9.18 Å². The molecule has 9 heteroatoms. The summed E-state index contributed by atoms with van der Waals surface area (Å²) < 4.78 is 29.8. The molecule has 1 aromatic carbocycles. The summed E-state index contributed by atoms with van der Waals surface area (Å²) in [6.45, 7) is 1.33. The molecule has 0 aliphatic carbocycles. The van der Waals surface area contributed by atoms with E-state index >= 15 is 0 Å². The van der Waals surface area contributed by atoms with Crippen molar-refractivity contribution in [2.24, 2.45) is 0 Å². The number of cyclic esters (lactones) is 1. The van der Waals surface area contributed by atoms with Crippen molar-refractivity contribution in [3.63, 3.8) is 0 Å². The molecule has 1 heterocycles. The van der Waals surface area contributed by atoms with E-state index in [1.807, 2.05) is 0 Å². The van der Waals surface area contributed by atoms with Crippen LogP contribution in [0.25, 0.3) is 0 Å². The minimum absolute atomic E-state index is 0.00252. The zero-order valence-electron chi connectivity index (χ0n) is 12.4. The molecule has 1 aliphatic heterocycles. The summed E-state index contributed by atoms with van der Waals surface area (Å²) in [6.07, 6.45) is -0.371. The van der Waals surface area contributed by atoms with Crippen LogP contribution in [0, 0.1) is 5.82 Å². The lowest BCUT2D eigenvalue weighted by atomic mass is 10.0. The SMILES string of the molecule is CS(=O)C(C)(C[C@H]1CN(c2ccc(Br)cc2F)C(=O)O1)C(=O)O. The number of carboxylic acids is 1. The predicted octanol–water partition coefficient (Wildman–Crippen LogP) is 2.53. The zero-order chi connectivity index (χ0) is 17.4. The number of rotatable bonds is 5. The monoisotopic (exact) mass is 407 g/mol. The van der Waals surface area contributed by atoms with E-state index in [1.54, 1.807) is 6.07 Å². The van der Waals surface area contributed by atoms with E-state index in [9.17, 15) is 23.3 Å². The second-order valence-corrected chi connectivity index (χ2v) is 8.13. The third kappa shape index (κ3) is 3.55. The van der Waals surface area contributed by atoms with Crippen LogP contribution in [0.1, 0.15) is 13.3 Å². The maximum atomic E-state index is 14.0. The molecule has 1 amide bonds. The molecule has 6 nitrogen and oxygen atoms in total. The number of hydrogen-bond donors (Lipinski definition) is 1. The highest BCUT2D eigenvalue weighted by molar-refractivity contribution is 9.10. The Hall–Kier alpha value is -1.48. The van der Waals surface area contributed by atoms with Gasteiger partial charge in [0.25, 0.3) is 0 Å². The highest BCUT2D eigenvalue weighted by atomic mass is 79.9. The Labute approximate surface area is 143 Å². The van der Waals surface area contributed by atoms with Crippen molar-refractivity contribution in [1.29, 1.82) is 0 Å². The number of halogens is 2. The Morgan fingerprint density at radius 3 is 2.78 bits per heavy atom. The molecule has 0 aromatic heterocycles. The van der Waals surface area contributed by atoms with Gasteiger partial charge in [-0.2, -0.15) is 0 Å². The quantitative estimate of drug-likeness (QED) is 0.810. The number of ether oxygens (including phenoxy) is 1. The van der Waals surface area contributed by atoms with E-state index in [0.29, 0.717) is 4.47 Å². The second-order valence-electron chi connectivity index (χ2n) is 5.41. The molecule has 0 radical (unpaired) electrons. The van der Waals surface area contributed by atoms with Crippen molar-refractivity contribution < 1.29 is 28.0 Å². The van der Waals surface area contributed by atoms with E-state index in [2.05, 4.69) is 15.9 Å². The first-order valence-corrected chi connectivity index (χ1v) is 9.00. The van der Waals surface area contributed by atoms with Crippen LogP contribution in [0.5, 0.6) is 0 Å². The van der Waals surface area contributed by atoms with Gasteiger partial charge in [0.2, 0.25) is 0 Å². The van der Waals surface area contributed by atoms with Crippen molar-refractivity contribution in [2.45, 2.75) is 24.2 Å². The summed E-state index contributed by atoms with van der Waals surface area (Å²) in [4.78, 5) is 24.4. The average Bonchev–Trinajstić information content (AvgIpc) is 2.78. The van der Waals surface area contributed by atoms with Crippen molar-refractivity contribution >= 4 is 44.5 Å². The van der Waals surface area contributed by atoms with Gasteiger partial charge in [-0.05, 0) is 25.1 Å². The molecular weight excluding hydrogens is 393 g/mol. The summed E-state index contributed by atoms with van der Waals surface area (Å²) >= 11 is 3.13. The van der Waals surface area contributed by atoms with Crippen molar-refractivity contribution in [1.82, 2.24) is 0 Å². The molecule has 0 bridgehead atoms. The number of benzene rings is 1. The smallest absolute Gasteiger partial charge is 0.414 e. The second kappa shape index (κ2) is 6.56. The molecule has 1 aliphatic rings. The van der Waals surface area contributed by atoms with Gasteiger partial charge >= 0.3 is 12.1 Å². The van der Waals surface area contributed by atoms with Gasteiger partial charge in [0, 0.05) is 27.9 Å². The lowest BCUT2D eigenvalue weighted by Gasteiger charge is -2.24. The highest BCUT2D eigenvalue weighted by Gasteiger charge is 2.44. The number of hydrogen-bond acceptors (Lipinski definition) is 4. The van der Waals surface area contributed by atoms with Gasteiger partial charge in [0.05, 0.1) is 12.2 Å². The fourth-order valence-corrected chi connectivity index (χ4v) is 3.29. The Balaban J connectivity index is 2.20. The molecule has 1 aromatic rings. The van der Waals surface area contributed by atoms with Crippen LogP contribution >= 0.6 is 15.9 Å². The summed E-state index contributed by atoms with van der Waals surface area (Å²) in [5.41, 5.74) is 0.0512. The standard InChI is InChI=1S/C14H15BrFNO5S/c1-14(12(18)19,23(2)21)6-9-7-17(13(20)22-9)11-4-3-8(15)5-10(11)16/h3-5,9H,6-7H2,1-2H3,(H,18,19)/t9-,14?,23?/m0/s1. The predicted molar refractivity (Wildman–Crippen MR) is 86.4 cm³/mol. The molecule has 2 unspecified atom stereocenters. The highest BCUT2D eigenvalue weighted by Crippen LogP contribution is 2.30. The molecule has 1 fully saturated rings. The van der Waals surface area contributed by atoms with Crippen LogP contribution in [0.4, 0.5) is 14.9 Å². The van der Waals surface area contributed by atoms with Crippen molar-refractivity contribution in [3.8, 4) is 0 Å². The largest absolute Gasteiger partial charge is 0.480 e. The van der Waals surface area contributed by atoms with Gasteiger partial charge in [-0.15, -0.1) is 0 Å². The molecule has 126 valence electrons. The number of aliphatic carboxylic acids is 1. The van der Waals surface area contributed by atoms with Gasteiger partial charge in [-0.3, -0.25) is 13.9 Å². The number of carbonyl (C=O) groups excluding carboxylic acids is 1. The number of carbonyl (C=O) groups is 2. The minimum atomic E-state index is -1.66. The minimum Gasteiger partial charge on any atom is -0.480 e. The average molecular weight is 408 g/mol. The molecule has 0 saturated carbocycles. The van der Waals surface area contributed by atoms with Crippen molar-refractivity contribution in [2.75, 3.05) is 17.7 Å². The van der Waals surface area contributed by atoms with Crippen LogP contribution in [0.2, 0.25) is 0 Å². The molecular formula is C14H15BrFNO5S.